The monoisotopic (exact) mass is 416 g/mol. The lowest BCUT2D eigenvalue weighted by molar-refractivity contribution is -0.143. The first-order valence-electron chi connectivity index (χ1n) is 6.11. The van der Waals surface area contributed by atoms with Crippen LogP contribution in [-0.2, 0) is 9.53 Å². The van der Waals surface area contributed by atoms with Gasteiger partial charge in [0.2, 0.25) is 0 Å². The fourth-order valence-corrected chi connectivity index (χ4v) is 2.98. The summed E-state index contributed by atoms with van der Waals surface area (Å²) in [7, 11) is 1.24. The van der Waals surface area contributed by atoms with Crippen LogP contribution in [0, 0.1) is 17.2 Å². The van der Waals surface area contributed by atoms with Crippen LogP contribution in [0.5, 0.6) is 0 Å². The Labute approximate surface area is 139 Å². The Morgan fingerprint density at radius 2 is 1.90 bits per heavy atom. The number of hydrogen-bond donors (Lipinski definition) is 1. The summed E-state index contributed by atoms with van der Waals surface area (Å²) in [6.07, 6.45) is 0.198. The van der Waals surface area contributed by atoms with E-state index in [1.165, 1.54) is 7.11 Å². The van der Waals surface area contributed by atoms with Crippen LogP contribution in [0.2, 0.25) is 0 Å². The highest BCUT2D eigenvalue weighted by molar-refractivity contribution is 9.11. The first kappa shape index (κ1) is 17.7. The Bertz CT molecular complexity index is 564. The van der Waals surface area contributed by atoms with Gasteiger partial charge < -0.3 is 10.1 Å². The van der Waals surface area contributed by atoms with E-state index in [0.29, 0.717) is 5.56 Å². The number of hydrogen-bond acceptors (Lipinski definition) is 4. The van der Waals surface area contributed by atoms with Gasteiger partial charge in [-0.05, 0) is 31.5 Å². The molecule has 21 heavy (non-hydrogen) atoms. The first-order valence-corrected chi connectivity index (χ1v) is 7.70. The summed E-state index contributed by atoms with van der Waals surface area (Å²) < 4.78 is 6.14. The van der Waals surface area contributed by atoms with Gasteiger partial charge in [-0.3, -0.25) is 4.79 Å². The van der Waals surface area contributed by atoms with Crippen LogP contribution in [-0.4, -0.2) is 25.0 Å². The molecule has 0 saturated heterocycles. The number of carbonyl (C=O) groups is 2. The van der Waals surface area contributed by atoms with Gasteiger partial charge in [-0.15, -0.1) is 0 Å². The molecule has 0 aromatic heterocycles. The third-order valence-corrected chi connectivity index (χ3v) is 3.64. The third kappa shape index (κ3) is 5.48. The minimum atomic E-state index is -0.852. The van der Waals surface area contributed by atoms with Crippen molar-refractivity contribution in [2.24, 2.45) is 5.92 Å². The van der Waals surface area contributed by atoms with Gasteiger partial charge in [-0.1, -0.05) is 31.9 Å². The van der Waals surface area contributed by atoms with Crippen molar-refractivity contribution in [3.8, 4) is 6.07 Å². The number of carbonyl (C=O) groups excluding carboxylic acids is 2. The molecule has 2 atom stereocenters. The first-order chi connectivity index (χ1) is 9.87. The highest BCUT2D eigenvalue weighted by Gasteiger charge is 2.24. The Hall–Kier alpha value is -1.39. The van der Waals surface area contributed by atoms with E-state index in [9.17, 15) is 9.59 Å². The molecule has 7 heteroatoms. The van der Waals surface area contributed by atoms with Crippen LogP contribution in [0.25, 0.3) is 0 Å². The highest BCUT2D eigenvalue weighted by atomic mass is 79.9. The molecule has 0 saturated carbocycles. The van der Waals surface area contributed by atoms with Crippen LogP contribution >= 0.6 is 31.9 Å². The zero-order valence-electron chi connectivity index (χ0n) is 11.5. The predicted molar refractivity (Wildman–Crippen MR) is 84.5 cm³/mol. The topological polar surface area (TPSA) is 79.2 Å². The number of nitriles is 1. The van der Waals surface area contributed by atoms with Gasteiger partial charge in [0.15, 0.2) is 0 Å². The SMILES string of the molecule is COC(=O)[C@H](C[C@@H](C)C#N)NC(=O)c1cc(Br)cc(Br)c1. The standard InChI is InChI=1S/C14H14Br2N2O3/c1-8(7-17)3-12(14(20)21-2)18-13(19)9-4-10(15)6-11(16)5-9/h4-6,8,12H,3H2,1-2H3,(H,18,19)/t8-,12+/m1/s1. The minimum absolute atomic E-state index is 0.198. The molecule has 5 nitrogen and oxygen atoms in total. The Kier molecular flexibility index (Phi) is 6.85. The maximum atomic E-state index is 12.2. The van der Waals surface area contributed by atoms with Crippen LogP contribution in [0.15, 0.2) is 27.1 Å². The van der Waals surface area contributed by atoms with E-state index in [1.807, 2.05) is 6.07 Å². The molecule has 0 unspecified atom stereocenters. The van der Waals surface area contributed by atoms with E-state index in [0.717, 1.165) is 8.95 Å². The van der Waals surface area contributed by atoms with Crippen molar-refractivity contribution in [2.45, 2.75) is 19.4 Å². The molecule has 0 aliphatic carbocycles. The van der Waals surface area contributed by atoms with Crippen molar-refractivity contribution in [1.29, 1.82) is 5.26 Å². The molecule has 0 heterocycles. The molecule has 0 bridgehead atoms. The van der Waals surface area contributed by atoms with Crippen LogP contribution in [0.4, 0.5) is 0 Å². The fourth-order valence-electron chi connectivity index (χ4n) is 1.69. The van der Waals surface area contributed by atoms with Gasteiger partial charge in [0.1, 0.15) is 6.04 Å². The average Bonchev–Trinajstić information content (AvgIpc) is 2.44. The van der Waals surface area contributed by atoms with Gasteiger partial charge in [0.05, 0.1) is 13.2 Å². The van der Waals surface area contributed by atoms with Crippen molar-refractivity contribution < 1.29 is 14.3 Å². The second-order valence-electron chi connectivity index (χ2n) is 4.47. The zero-order chi connectivity index (χ0) is 16.0. The number of nitrogens with one attached hydrogen (secondary N) is 1. The Morgan fingerprint density at radius 3 is 2.38 bits per heavy atom. The number of esters is 1. The summed E-state index contributed by atoms with van der Waals surface area (Å²) in [6.45, 7) is 1.68. The lowest BCUT2D eigenvalue weighted by Crippen LogP contribution is -2.42. The molecule has 1 amide bonds. The largest absolute Gasteiger partial charge is 0.467 e. The molecule has 1 aromatic rings. The van der Waals surface area contributed by atoms with Crippen LogP contribution in [0.1, 0.15) is 23.7 Å². The smallest absolute Gasteiger partial charge is 0.328 e. The number of benzene rings is 1. The van der Waals surface area contributed by atoms with E-state index in [1.54, 1.807) is 25.1 Å². The summed E-state index contributed by atoms with van der Waals surface area (Å²) in [5, 5.41) is 11.4. The number of methoxy groups -OCH3 is 1. The van der Waals surface area contributed by atoms with Crippen molar-refractivity contribution >= 4 is 43.7 Å². The van der Waals surface area contributed by atoms with E-state index in [-0.39, 0.29) is 12.3 Å². The van der Waals surface area contributed by atoms with Crippen molar-refractivity contribution in [3.63, 3.8) is 0 Å². The second kappa shape index (κ2) is 8.15. The molecule has 112 valence electrons. The number of halogens is 2. The summed E-state index contributed by atoms with van der Waals surface area (Å²) in [4.78, 5) is 23.9. The average molecular weight is 418 g/mol. The lowest BCUT2D eigenvalue weighted by Gasteiger charge is -2.17. The number of rotatable bonds is 5. The molecule has 0 aliphatic heterocycles. The molecular weight excluding hydrogens is 404 g/mol. The van der Waals surface area contributed by atoms with E-state index in [4.69, 9.17) is 5.26 Å². The molecular formula is C14H14Br2N2O3. The minimum Gasteiger partial charge on any atom is -0.467 e. The number of amides is 1. The quantitative estimate of drug-likeness (QED) is 0.746. The van der Waals surface area contributed by atoms with E-state index < -0.39 is 17.9 Å². The van der Waals surface area contributed by atoms with Crippen molar-refractivity contribution in [1.82, 2.24) is 5.32 Å². The molecule has 0 spiro atoms. The second-order valence-corrected chi connectivity index (χ2v) is 6.30. The zero-order valence-corrected chi connectivity index (χ0v) is 14.7. The van der Waals surface area contributed by atoms with Crippen LogP contribution < -0.4 is 5.32 Å². The summed E-state index contributed by atoms with van der Waals surface area (Å²) >= 11 is 6.59. The van der Waals surface area contributed by atoms with Gasteiger partial charge in [0, 0.05) is 20.4 Å². The predicted octanol–water partition coefficient (Wildman–Crippen LogP) is 3.03. The number of ether oxygens (including phenoxy) is 1. The molecule has 1 N–H and O–H groups in total. The highest BCUT2D eigenvalue weighted by Crippen LogP contribution is 2.20. The molecule has 0 aliphatic rings. The Morgan fingerprint density at radius 1 is 1.33 bits per heavy atom. The van der Waals surface area contributed by atoms with Gasteiger partial charge in [-0.25, -0.2) is 4.79 Å². The Balaban J connectivity index is 2.89. The van der Waals surface area contributed by atoms with Crippen molar-refractivity contribution in [3.05, 3.63) is 32.7 Å². The maximum Gasteiger partial charge on any atom is 0.328 e. The van der Waals surface area contributed by atoms with Crippen molar-refractivity contribution in [2.75, 3.05) is 7.11 Å². The summed E-state index contributed by atoms with van der Waals surface area (Å²) in [6, 6.07) is 6.26. The lowest BCUT2D eigenvalue weighted by atomic mass is 10.0. The van der Waals surface area contributed by atoms with Crippen LogP contribution in [0.3, 0.4) is 0 Å². The maximum absolute atomic E-state index is 12.2. The molecule has 1 rings (SSSR count). The summed E-state index contributed by atoms with van der Waals surface area (Å²) in [5.74, 6) is -1.35. The molecule has 0 fully saturated rings. The summed E-state index contributed by atoms with van der Waals surface area (Å²) in [5.41, 5.74) is 0.398. The normalized spacial score (nSPS) is 12.9. The third-order valence-electron chi connectivity index (χ3n) is 2.73. The van der Waals surface area contributed by atoms with E-state index in [2.05, 4.69) is 41.9 Å². The van der Waals surface area contributed by atoms with Gasteiger partial charge in [-0.2, -0.15) is 5.26 Å². The number of nitrogens with zero attached hydrogens (tertiary/aromatic N) is 1. The van der Waals surface area contributed by atoms with E-state index >= 15 is 0 Å². The molecule has 0 radical (unpaired) electrons. The fraction of sp³-hybridized carbons (Fsp3) is 0.357. The van der Waals surface area contributed by atoms with Gasteiger partial charge >= 0.3 is 5.97 Å². The molecule has 1 aromatic carbocycles. The van der Waals surface area contributed by atoms with Gasteiger partial charge in [0.25, 0.3) is 5.91 Å².